The van der Waals surface area contributed by atoms with Gasteiger partial charge in [-0.05, 0) is 102 Å². The Kier molecular flexibility index (Phi) is 8.87. The quantitative estimate of drug-likeness (QED) is 0.412. The summed E-state index contributed by atoms with van der Waals surface area (Å²) < 4.78 is 6.78. The zero-order valence-corrected chi connectivity index (χ0v) is 21.7. The van der Waals surface area contributed by atoms with Crippen molar-refractivity contribution in [2.24, 2.45) is 5.92 Å². The van der Waals surface area contributed by atoms with Gasteiger partial charge >= 0.3 is 6.09 Å². The number of carbonyl (C=O) groups excluding carboxylic acids is 2. The molecule has 0 saturated heterocycles. The third kappa shape index (κ3) is 7.76. The molecule has 2 amide bonds. The molecule has 8 heteroatoms. The molecule has 0 radical (unpaired) electrons. The Hall–Kier alpha value is -0.780. The molecule has 2 rings (SSSR count). The van der Waals surface area contributed by atoms with Crippen LogP contribution >= 0.6 is 45.2 Å². The van der Waals surface area contributed by atoms with E-state index in [9.17, 15) is 14.7 Å². The molecule has 1 aliphatic carbocycles. The van der Waals surface area contributed by atoms with E-state index in [0.29, 0.717) is 19.5 Å². The summed E-state index contributed by atoms with van der Waals surface area (Å²) in [5.41, 5.74) is 0.219. The molecule has 29 heavy (non-hydrogen) atoms. The van der Waals surface area contributed by atoms with Gasteiger partial charge in [0.05, 0.1) is 7.14 Å². The molecule has 1 saturated carbocycles. The summed E-state index contributed by atoms with van der Waals surface area (Å²) in [6.45, 7) is 7.52. The van der Waals surface area contributed by atoms with Crippen LogP contribution in [0.5, 0.6) is 5.75 Å². The molecule has 6 nitrogen and oxygen atoms in total. The van der Waals surface area contributed by atoms with Crippen molar-refractivity contribution in [2.45, 2.75) is 77.5 Å². The Morgan fingerprint density at radius 1 is 1.21 bits per heavy atom. The van der Waals surface area contributed by atoms with Gasteiger partial charge in [-0.1, -0.05) is 19.8 Å². The van der Waals surface area contributed by atoms with Crippen LogP contribution in [0.3, 0.4) is 0 Å². The highest BCUT2D eigenvalue weighted by Crippen LogP contribution is 2.28. The first-order chi connectivity index (χ1) is 13.5. The number of halogens is 2. The smallest absolute Gasteiger partial charge is 0.408 e. The van der Waals surface area contributed by atoms with Gasteiger partial charge in [-0.25, -0.2) is 4.79 Å². The van der Waals surface area contributed by atoms with E-state index in [0.717, 1.165) is 24.8 Å². The molecule has 1 aromatic rings. The molecule has 1 aromatic carbocycles. The van der Waals surface area contributed by atoms with E-state index in [1.807, 2.05) is 12.1 Å². The van der Waals surface area contributed by atoms with Gasteiger partial charge in [0.1, 0.15) is 17.4 Å². The van der Waals surface area contributed by atoms with Gasteiger partial charge in [0.2, 0.25) is 5.91 Å². The van der Waals surface area contributed by atoms with Crippen molar-refractivity contribution in [3.63, 3.8) is 0 Å². The molecule has 162 valence electrons. The first-order valence-corrected chi connectivity index (χ1v) is 12.1. The number of benzene rings is 1. The van der Waals surface area contributed by atoms with Crippen molar-refractivity contribution in [2.75, 3.05) is 0 Å². The lowest BCUT2D eigenvalue weighted by Crippen LogP contribution is -2.53. The number of aromatic hydroxyl groups is 1. The molecular weight excluding hydrogens is 598 g/mol. The Bertz CT molecular complexity index is 726. The lowest BCUT2D eigenvalue weighted by molar-refractivity contribution is -0.124. The van der Waals surface area contributed by atoms with Crippen molar-refractivity contribution in [3.05, 3.63) is 24.8 Å². The van der Waals surface area contributed by atoms with Crippen molar-refractivity contribution < 1.29 is 19.4 Å². The molecule has 0 aromatic heterocycles. The number of hydrogen-bond donors (Lipinski definition) is 3. The van der Waals surface area contributed by atoms with Gasteiger partial charge in [0.25, 0.3) is 0 Å². The average molecular weight is 628 g/mol. The monoisotopic (exact) mass is 628 g/mol. The number of phenols is 1. The number of rotatable bonds is 5. The van der Waals surface area contributed by atoms with E-state index >= 15 is 0 Å². The molecule has 1 fully saturated rings. The lowest BCUT2D eigenvalue weighted by Gasteiger charge is -2.31. The molecule has 0 spiro atoms. The second-order valence-corrected chi connectivity index (χ2v) is 11.0. The van der Waals surface area contributed by atoms with Crippen LogP contribution in [-0.2, 0) is 16.0 Å². The minimum atomic E-state index is -0.755. The second-order valence-electron chi connectivity index (χ2n) is 8.69. The minimum Gasteiger partial charge on any atom is -0.506 e. The van der Waals surface area contributed by atoms with Crippen LogP contribution in [0, 0.1) is 13.1 Å². The third-order valence-electron chi connectivity index (χ3n) is 4.96. The molecule has 0 bridgehead atoms. The summed E-state index contributed by atoms with van der Waals surface area (Å²) in [7, 11) is 0. The number of ether oxygens (including phenoxy) is 1. The average Bonchev–Trinajstić information content (AvgIpc) is 2.59. The van der Waals surface area contributed by atoms with Gasteiger partial charge in [-0.2, -0.15) is 0 Å². The highest BCUT2D eigenvalue weighted by Gasteiger charge is 2.29. The number of carbonyl (C=O) groups is 2. The first-order valence-electron chi connectivity index (χ1n) is 9.93. The first kappa shape index (κ1) is 24.5. The van der Waals surface area contributed by atoms with Crippen molar-refractivity contribution >= 4 is 57.2 Å². The minimum absolute atomic E-state index is 0.124. The van der Waals surface area contributed by atoms with E-state index in [4.69, 9.17) is 4.74 Å². The van der Waals surface area contributed by atoms with Gasteiger partial charge in [-0.3, -0.25) is 4.79 Å². The van der Waals surface area contributed by atoms with Crippen molar-refractivity contribution in [1.29, 1.82) is 0 Å². The summed E-state index contributed by atoms with van der Waals surface area (Å²) in [5.74, 6) is 0.449. The maximum atomic E-state index is 13.1. The second kappa shape index (κ2) is 10.5. The normalized spacial score (nSPS) is 20.6. The fourth-order valence-corrected chi connectivity index (χ4v) is 5.34. The third-order valence-corrected chi connectivity index (χ3v) is 6.61. The van der Waals surface area contributed by atoms with E-state index in [1.165, 1.54) is 6.42 Å². The number of alkyl carbamates (subject to hydrolysis) is 1. The van der Waals surface area contributed by atoms with E-state index in [2.05, 4.69) is 62.7 Å². The Morgan fingerprint density at radius 3 is 2.34 bits per heavy atom. The van der Waals surface area contributed by atoms with Crippen LogP contribution in [0.1, 0.15) is 58.9 Å². The molecular formula is C21H30I2N2O4. The number of hydrogen-bond acceptors (Lipinski definition) is 4. The van der Waals surface area contributed by atoms with Gasteiger partial charge in [0.15, 0.2) is 0 Å². The zero-order valence-electron chi connectivity index (χ0n) is 17.4. The summed E-state index contributed by atoms with van der Waals surface area (Å²) >= 11 is 4.13. The van der Waals surface area contributed by atoms with E-state index in [1.54, 1.807) is 20.8 Å². The fraction of sp³-hybridized carbons (Fsp3) is 0.619. The number of phenolic OH excluding ortho intramolecular Hbond substituents is 1. The number of amides is 2. The Balaban J connectivity index is 2.17. The van der Waals surface area contributed by atoms with Crippen molar-refractivity contribution in [1.82, 2.24) is 10.6 Å². The SMILES string of the molecule is C[C@@H]1CCCC[C@@H]1NC(=O)[C@@H](Cc1cc(I)c(O)c(I)c1)NC(=O)OC(C)(C)C. The predicted molar refractivity (Wildman–Crippen MR) is 130 cm³/mol. The van der Waals surface area contributed by atoms with Crippen LogP contribution in [-0.4, -0.2) is 34.8 Å². The van der Waals surface area contributed by atoms with Gasteiger partial charge in [-0.15, -0.1) is 0 Å². The highest BCUT2D eigenvalue weighted by molar-refractivity contribution is 14.1. The van der Waals surface area contributed by atoms with Crippen LogP contribution < -0.4 is 10.6 Å². The summed E-state index contributed by atoms with van der Waals surface area (Å²) in [4.78, 5) is 25.4. The predicted octanol–water partition coefficient (Wildman–Crippen LogP) is 4.73. The van der Waals surface area contributed by atoms with Crippen LogP contribution in [0.2, 0.25) is 0 Å². The fourth-order valence-electron chi connectivity index (χ4n) is 3.44. The molecule has 0 heterocycles. The maximum Gasteiger partial charge on any atom is 0.408 e. The van der Waals surface area contributed by atoms with Gasteiger partial charge < -0.3 is 20.5 Å². The number of nitrogens with one attached hydrogen (secondary N) is 2. The molecule has 0 aliphatic heterocycles. The topological polar surface area (TPSA) is 87.7 Å². The lowest BCUT2D eigenvalue weighted by atomic mass is 9.85. The zero-order chi connectivity index (χ0) is 21.8. The molecule has 1 aliphatic rings. The molecule has 0 unspecified atom stereocenters. The Labute approximate surface area is 200 Å². The van der Waals surface area contributed by atoms with Crippen LogP contribution in [0.4, 0.5) is 4.79 Å². The largest absolute Gasteiger partial charge is 0.506 e. The van der Waals surface area contributed by atoms with Crippen molar-refractivity contribution in [3.8, 4) is 5.75 Å². The summed E-state index contributed by atoms with van der Waals surface area (Å²) in [6.07, 6.45) is 4.06. The van der Waals surface area contributed by atoms with E-state index < -0.39 is 17.7 Å². The van der Waals surface area contributed by atoms with Crippen LogP contribution in [0.25, 0.3) is 0 Å². The summed E-state index contributed by atoms with van der Waals surface area (Å²) in [5, 5.41) is 15.9. The summed E-state index contributed by atoms with van der Waals surface area (Å²) in [6, 6.07) is 3.03. The Morgan fingerprint density at radius 2 is 1.79 bits per heavy atom. The highest BCUT2D eigenvalue weighted by atomic mass is 127. The van der Waals surface area contributed by atoms with Gasteiger partial charge in [0, 0.05) is 12.5 Å². The van der Waals surface area contributed by atoms with Crippen LogP contribution in [0.15, 0.2) is 12.1 Å². The molecule has 3 atom stereocenters. The maximum absolute atomic E-state index is 13.1. The van der Waals surface area contributed by atoms with E-state index in [-0.39, 0.29) is 17.7 Å². The molecule has 3 N–H and O–H groups in total. The standard InChI is InChI=1S/C21H30I2N2O4/c1-12-7-5-6-8-16(12)24-19(27)17(25-20(28)29-21(2,3)4)11-13-9-14(22)18(26)15(23)10-13/h9-10,12,16-17,26H,5-8,11H2,1-4H3,(H,24,27)(H,25,28)/t12-,16+,17-/m1/s1.